The third-order valence-corrected chi connectivity index (χ3v) is 6.88. The van der Waals surface area contributed by atoms with E-state index in [0.717, 1.165) is 5.56 Å². The molecule has 0 saturated carbocycles. The van der Waals surface area contributed by atoms with Crippen molar-refractivity contribution in [2.24, 2.45) is 4.99 Å². The summed E-state index contributed by atoms with van der Waals surface area (Å²) in [6, 6.07) is 20.5. The molecule has 184 valence electrons. The van der Waals surface area contributed by atoms with Gasteiger partial charge in [-0.3, -0.25) is 24.6 Å². The minimum atomic E-state index is -0.757. The SMILES string of the molecule is COc1ccc(NC(=O)C[C@H]2SC(=Nc3ccccc3)N(Cc3ccccc3Cl)C2=O)c([N+](=O)[O-])c1. The Morgan fingerprint density at radius 3 is 2.58 bits per heavy atom. The van der Waals surface area contributed by atoms with E-state index in [1.165, 1.54) is 42.0 Å². The van der Waals surface area contributed by atoms with Crippen LogP contribution in [0, 0.1) is 10.1 Å². The molecule has 1 N–H and O–H groups in total. The lowest BCUT2D eigenvalue weighted by Gasteiger charge is -2.17. The van der Waals surface area contributed by atoms with Crippen LogP contribution in [-0.2, 0) is 16.1 Å². The van der Waals surface area contributed by atoms with Crippen LogP contribution >= 0.6 is 23.4 Å². The summed E-state index contributed by atoms with van der Waals surface area (Å²) >= 11 is 7.49. The van der Waals surface area contributed by atoms with Gasteiger partial charge in [-0.25, -0.2) is 4.99 Å². The van der Waals surface area contributed by atoms with Crippen molar-refractivity contribution in [2.75, 3.05) is 12.4 Å². The second kappa shape index (κ2) is 11.2. The number of carbonyl (C=O) groups excluding carboxylic acids is 2. The Labute approximate surface area is 216 Å². The quantitative estimate of drug-likeness (QED) is 0.311. The Balaban J connectivity index is 1.56. The van der Waals surface area contributed by atoms with Crippen LogP contribution in [0.1, 0.15) is 12.0 Å². The van der Waals surface area contributed by atoms with Gasteiger partial charge in [-0.05, 0) is 35.9 Å². The van der Waals surface area contributed by atoms with Crippen molar-refractivity contribution in [3.63, 3.8) is 0 Å². The van der Waals surface area contributed by atoms with Crippen LogP contribution in [0.15, 0.2) is 77.8 Å². The fourth-order valence-electron chi connectivity index (χ4n) is 3.55. The normalized spacial score (nSPS) is 16.3. The summed E-state index contributed by atoms with van der Waals surface area (Å²) in [5, 5.41) is 14.2. The summed E-state index contributed by atoms with van der Waals surface area (Å²) < 4.78 is 5.02. The number of nitro groups is 1. The lowest BCUT2D eigenvalue weighted by Crippen LogP contribution is -2.33. The van der Waals surface area contributed by atoms with E-state index in [-0.39, 0.29) is 30.2 Å². The Kier molecular flexibility index (Phi) is 7.87. The van der Waals surface area contributed by atoms with Gasteiger partial charge in [0, 0.05) is 11.4 Å². The molecular formula is C25H21ClN4O5S. The van der Waals surface area contributed by atoms with E-state index in [2.05, 4.69) is 10.3 Å². The van der Waals surface area contributed by atoms with Gasteiger partial charge in [0.2, 0.25) is 11.8 Å². The van der Waals surface area contributed by atoms with Crippen LogP contribution in [-0.4, -0.2) is 39.2 Å². The lowest BCUT2D eigenvalue weighted by molar-refractivity contribution is -0.384. The van der Waals surface area contributed by atoms with E-state index in [4.69, 9.17) is 16.3 Å². The van der Waals surface area contributed by atoms with Crippen molar-refractivity contribution in [2.45, 2.75) is 18.2 Å². The van der Waals surface area contributed by atoms with Crippen LogP contribution in [0.3, 0.4) is 0 Å². The first kappa shape index (κ1) is 25.2. The standard InChI is InChI=1S/C25H21ClN4O5S/c1-35-18-11-12-20(21(13-18)30(33)34)28-23(31)14-22-24(32)29(15-16-7-5-6-10-19(16)26)25(36-22)27-17-8-3-2-4-9-17/h2-13,22H,14-15H2,1H3,(H,28,31)/t22-/m1/s1. The van der Waals surface area contributed by atoms with E-state index in [9.17, 15) is 19.7 Å². The molecule has 9 nitrogen and oxygen atoms in total. The second-order valence-electron chi connectivity index (χ2n) is 7.74. The van der Waals surface area contributed by atoms with Gasteiger partial charge in [-0.2, -0.15) is 0 Å². The molecule has 0 unspecified atom stereocenters. The van der Waals surface area contributed by atoms with Gasteiger partial charge < -0.3 is 10.1 Å². The molecule has 1 atom stereocenters. The predicted octanol–water partition coefficient (Wildman–Crippen LogP) is 5.42. The molecule has 11 heteroatoms. The number of amidine groups is 1. The Bertz CT molecular complexity index is 1340. The fourth-order valence-corrected chi connectivity index (χ4v) is 4.90. The molecule has 1 saturated heterocycles. The molecule has 0 spiro atoms. The molecule has 0 bridgehead atoms. The summed E-state index contributed by atoms with van der Waals surface area (Å²) in [5.41, 5.74) is 1.12. The highest BCUT2D eigenvalue weighted by Crippen LogP contribution is 2.35. The number of aliphatic imine (C=N–C) groups is 1. The van der Waals surface area contributed by atoms with Crippen LogP contribution in [0.2, 0.25) is 5.02 Å². The summed E-state index contributed by atoms with van der Waals surface area (Å²) in [5.74, 6) is -0.542. The number of thioether (sulfide) groups is 1. The van der Waals surface area contributed by atoms with E-state index in [1.54, 1.807) is 12.1 Å². The Morgan fingerprint density at radius 1 is 1.17 bits per heavy atom. The average molecular weight is 525 g/mol. The zero-order valence-electron chi connectivity index (χ0n) is 19.1. The second-order valence-corrected chi connectivity index (χ2v) is 9.32. The third kappa shape index (κ3) is 5.84. The number of para-hydroxylation sites is 1. The van der Waals surface area contributed by atoms with Gasteiger partial charge in [0.1, 0.15) is 16.7 Å². The van der Waals surface area contributed by atoms with Crippen LogP contribution < -0.4 is 10.1 Å². The van der Waals surface area contributed by atoms with Crippen molar-refractivity contribution in [1.29, 1.82) is 0 Å². The number of nitrogens with one attached hydrogen (secondary N) is 1. The summed E-state index contributed by atoms with van der Waals surface area (Å²) in [6.07, 6.45) is -0.195. The van der Waals surface area contributed by atoms with E-state index in [1.807, 2.05) is 42.5 Å². The van der Waals surface area contributed by atoms with Crippen molar-refractivity contribution in [3.05, 3.63) is 93.5 Å². The van der Waals surface area contributed by atoms with Crippen LogP contribution in [0.5, 0.6) is 5.75 Å². The number of nitrogens with zero attached hydrogens (tertiary/aromatic N) is 3. The zero-order valence-corrected chi connectivity index (χ0v) is 20.7. The van der Waals surface area contributed by atoms with Crippen molar-refractivity contribution in [1.82, 2.24) is 4.90 Å². The Morgan fingerprint density at radius 2 is 1.89 bits per heavy atom. The molecular weight excluding hydrogens is 504 g/mol. The molecule has 0 aliphatic carbocycles. The lowest BCUT2D eigenvalue weighted by atomic mass is 10.2. The van der Waals surface area contributed by atoms with Gasteiger partial charge in [-0.1, -0.05) is 59.8 Å². The first-order chi connectivity index (χ1) is 17.4. The number of halogens is 1. The molecule has 4 rings (SSSR count). The van der Waals surface area contributed by atoms with Gasteiger partial charge in [0.05, 0.1) is 30.3 Å². The number of ether oxygens (including phenoxy) is 1. The fraction of sp³-hybridized carbons (Fsp3) is 0.160. The smallest absolute Gasteiger partial charge is 0.296 e. The molecule has 3 aromatic rings. The first-order valence-electron chi connectivity index (χ1n) is 10.8. The number of anilines is 1. The number of amides is 2. The average Bonchev–Trinajstić information content (AvgIpc) is 3.14. The highest BCUT2D eigenvalue weighted by molar-refractivity contribution is 8.15. The largest absolute Gasteiger partial charge is 0.496 e. The van der Waals surface area contributed by atoms with Gasteiger partial charge in [0.25, 0.3) is 5.69 Å². The summed E-state index contributed by atoms with van der Waals surface area (Å²) in [4.78, 5) is 43.1. The number of benzene rings is 3. The number of hydrogen-bond acceptors (Lipinski definition) is 7. The summed E-state index contributed by atoms with van der Waals surface area (Å²) in [6.45, 7) is 0.194. The molecule has 1 heterocycles. The van der Waals surface area contributed by atoms with Gasteiger partial charge in [0.15, 0.2) is 5.17 Å². The van der Waals surface area contributed by atoms with Crippen molar-refractivity contribution in [3.8, 4) is 5.75 Å². The maximum absolute atomic E-state index is 13.3. The monoisotopic (exact) mass is 524 g/mol. The highest BCUT2D eigenvalue weighted by Gasteiger charge is 2.39. The van der Waals surface area contributed by atoms with Crippen LogP contribution in [0.4, 0.5) is 17.1 Å². The molecule has 36 heavy (non-hydrogen) atoms. The molecule has 1 fully saturated rings. The molecule has 0 aromatic heterocycles. The third-order valence-electron chi connectivity index (χ3n) is 5.33. The molecule has 1 aliphatic heterocycles. The van der Waals surface area contributed by atoms with Crippen LogP contribution in [0.25, 0.3) is 0 Å². The molecule has 1 aliphatic rings. The van der Waals surface area contributed by atoms with E-state index in [0.29, 0.717) is 21.6 Å². The number of carbonyl (C=O) groups is 2. The molecule has 2 amide bonds. The minimum absolute atomic E-state index is 0.0207. The van der Waals surface area contributed by atoms with Gasteiger partial charge in [-0.15, -0.1) is 0 Å². The number of rotatable bonds is 8. The van der Waals surface area contributed by atoms with Crippen molar-refractivity contribution >= 4 is 57.4 Å². The highest BCUT2D eigenvalue weighted by atomic mass is 35.5. The number of methoxy groups -OCH3 is 1. The van der Waals surface area contributed by atoms with E-state index >= 15 is 0 Å². The van der Waals surface area contributed by atoms with Crippen molar-refractivity contribution < 1.29 is 19.2 Å². The number of hydrogen-bond donors (Lipinski definition) is 1. The molecule has 3 aromatic carbocycles. The topological polar surface area (TPSA) is 114 Å². The van der Waals surface area contributed by atoms with E-state index < -0.39 is 16.1 Å². The maximum Gasteiger partial charge on any atom is 0.296 e. The van der Waals surface area contributed by atoms with Gasteiger partial charge >= 0.3 is 0 Å². The molecule has 0 radical (unpaired) electrons. The number of nitro benzene ring substituents is 1. The zero-order chi connectivity index (χ0) is 25.7. The maximum atomic E-state index is 13.3. The Hall–Kier alpha value is -3.89. The first-order valence-corrected chi connectivity index (χ1v) is 12.1. The minimum Gasteiger partial charge on any atom is -0.496 e. The summed E-state index contributed by atoms with van der Waals surface area (Å²) in [7, 11) is 1.39. The predicted molar refractivity (Wildman–Crippen MR) is 140 cm³/mol.